The van der Waals surface area contributed by atoms with Gasteiger partial charge in [-0.3, -0.25) is 9.59 Å². The summed E-state index contributed by atoms with van der Waals surface area (Å²) in [6, 6.07) is 13.4. The topological polar surface area (TPSA) is 110 Å². The van der Waals surface area contributed by atoms with Crippen molar-refractivity contribution in [2.24, 2.45) is 0 Å². The smallest absolute Gasteiger partial charge is 0.359 e. The van der Waals surface area contributed by atoms with E-state index < -0.39 is 24.0 Å². The minimum absolute atomic E-state index is 0.0645. The van der Waals surface area contributed by atoms with Gasteiger partial charge in [0, 0.05) is 5.39 Å². The van der Waals surface area contributed by atoms with Crippen molar-refractivity contribution in [2.75, 3.05) is 19.0 Å². The van der Waals surface area contributed by atoms with Crippen LogP contribution in [-0.4, -0.2) is 35.8 Å². The Bertz CT molecular complexity index is 1030. The molecule has 0 atom stereocenters. The summed E-state index contributed by atoms with van der Waals surface area (Å²) in [5, 5.41) is 9.24. The first-order valence-corrected chi connectivity index (χ1v) is 7.67. The molecular weight excluding hydrogens is 338 g/mol. The number of aromatic nitrogens is 2. The van der Waals surface area contributed by atoms with Crippen LogP contribution in [-0.2, 0) is 9.53 Å². The van der Waals surface area contributed by atoms with Crippen molar-refractivity contribution in [3.63, 3.8) is 0 Å². The molecule has 0 bridgehead atoms. The quantitative estimate of drug-likeness (QED) is 0.676. The van der Waals surface area contributed by atoms with Gasteiger partial charge in [0.2, 0.25) is 0 Å². The number of methoxy groups -OCH3 is 1. The second kappa shape index (κ2) is 7.47. The molecule has 8 heteroatoms. The van der Waals surface area contributed by atoms with E-state index in [1.165, 1.54) is 7.11 Å². The lowest BCUT2D eigenvalue weighted by Gasteiger charge is -2.10. The Kier molecular flexibility index (Phi) is 4.93. The SMILES string of the molecule is COc1ccccc1NC(=O)COC(=O)c1n[nH]c(=O)c2ccccc12. The number of hydrogen-bond acceptors (Lipinski definition) is 6. The highest BCUT2D eigenvalue weighted by atomic mass is 16.5. The molecule has 0 saturated heterocycles. The number of carbonyl (C=O) groups excluding carboxylic acids is 2. The minimum atomic E-state index is -0.812. The van der Waals surface area contributed by atoms with Gasteiger partial charge in [-0.1, -0.05) is 30.3 Å². The summed E-state index contributed by atoms with van der Waals surface area (Å²) in [4.78, 5) is 36.0. The highest BCUT2D eigenvalue weighted by Gasteiger charge is 2.17. The third-order valence-electron chi connectivity index (χ3n) is 3.60. The molecule has 0 radical (unpaired) electrons. The summed E-state index contributed by atoms with van der Waals surface area (Å²) in [5.74, 6) is -0.857. The number of fused-ring (bicyclic) bond motifs is 1. The molecule has 3 aromatic rings. The van der Waals surface area contributed by atoms with Crippen molar-refractivity contribution in [1.82, 2.24) is 10.2 Å². The van der Waals surface area contributed by atoms with Crippen molar-refractivity contribution < 1.29 is 19.1 Å². The number of esters is 1. The van der Waals surface area contributed by atoms with Gasteiger partial charge < -0.3 is 14.8 Å². The zero-order valence-electron chi connectivity index (χ0n) is 13.8. The lowest BCUT2D eigenvalue weighted by molar-refractivity contribution is -0.119. The van der Waals surface area contributed by atoms with Gasteiger partial charge in [-0.05, 0) is 18.2 Å². The molecule has 0 saturated carbocycles. The number of nitrogens with one attached hydrogen (secondary N) is 2. The third-order valence-corrected chi connectivity index (χ3v) is 3.60. The molecule has 1 aromatic heterocycles. The molecule has 0 fully saturated rings. The number of H-pyrrole nitrogens is 1. The highest BCUT2D eigenvalue weighted by Crippen LogP contribution is 2.22. The Morgan fingerprint density at radius 3 is 2.54 bits per heavy atom. The number of anilines is 1. The number of para-hydroxylation sites is 2. The zero-order chi connectivity index (χ0) is 18.5. The van der Waals surface area contributed by atoms with Crippen molar-refractivity contribution in [3.8, 4) is 5.75 Å². The van der Waals surface area contributed by atoms with Crippen LogP contribution in [0.3, 0.4) is 0 Å². The molecule has 2 aromatic carbocycles. The number of ether oxygens (including phenoxy) is 2. The van der Waals surface area contributed by atoms with E-state index in [0.29, 0.717) is 22.2 Å². The average Bonchev–Trinajstić information content (AvgIpc) is 2.67. The maximum Gasteiger partial charge on any atom is 0.359 e. The molecule has 132 valence electrons. The summed E-state index contributed by atoms with van der Waals surface area (Å²) >= 11 is 0. The number of carbonyl (C=O) groups is 2. The summed E-state index contributed by atoms with van der Waals surface area (Å²) in [6.07, 6.45) is 0. The van der Waals surface area contributed by atoms with E-state index in [-0.39, 0.29) is 5.69 Å². The van der Waals surface area contributed by atoms with E-state index in [1.54, 1.807) is 48.5 Å². The molecule has 8 nitrogen and oxygen atoms in total. The Morgan fingerprint density at radius 2 is 1.77 bits per heavy atom. The molecule has 0 aliphatic carbocycles. The summed E-state index contributed by atoms with van der Waals surface area (Å²) in [6.45, 7) is -0.508. The fourth-order valence-corrected chi connectivity index (χ4v) is 2.40. The van der Waals surface area contributed by atoms with Gasteiger partial charge in [-0.2, -0.15) is 5.10 Å². The Hall–Kier alpha value is -3.68. The fraction of sp³-hybridized carbons (Fsp3) is 0.111. The van der Waals surface area contributed by atoms with Crippen molar-refractivity contribution in [3.05, 3.63) is 64.6 Å². The second-order valence-corrected chi connectivity index (χ2v) is 5.27. The molecule has 1 amide bonds. The predicted molar refractivity (Wildman–Crippen MR) is 94.3 cm³/mol. The van der Waals surface area contributed by atoms with Crippen LogP contribution in [0.25, 0.3) is 10.8 Å². The predicted octanol–water partition coefficient (Wildman–Crippen LogP) is 1.73. The van der Waals surface area contributed by atoms with Gasteiger partial charge in [0.1, 0.15) is 5.75 Å². The van der Waals surface area contributed by atoms with Crippen LogP contribution in [0.5, 0.6) is 5.75 Å². The van der Waals surface area contributed by atoms with Crippen LogP contribution in [0.15, 0.2) is 53.3 Å². The number of aromatic amines is 1. The molecule has 26 heavy (non-hydrogen) atoms. The first kappa shape index (κ1) is 17.2. The van der Waals surface area contributed by atoms with E-state index >= 15 is 0 Å². The molecule has 2 N–H and O–H groups in total. The van der Waals surface area contributed by atoms with Crippen molar-refractivity contribution in [2.45, 2.75) is 0 Å². The number of amides is 1. The van der Waals surface area contributed by atoms with Crippen LogP contribution in [0.1, 0.15) is 10.5 Å². The van der Waals surface area contributed by atoms with Crippen LogP contribution in [0.4, 0.5) is 5.69 Å². The Morgan fingerprint density at radius 1 is 1.08 bits per heavy atom. The van der Waals surface area contributed by atoms with Crippen LogP contribution in [0.2, 0.25) is 0 Å². The van der Waals surface area contributed by atoms with Crippen LogP contribution >= 0.6 is 0 Å². The summed E-state index contributed by atoms with van der Waals surface area (Å²) in [5.41, 5.74) is -0.0139. The molecule has 0 aliphatic heterocycles. The maximum atomic E-state index is 12.2. The maximum absolute atomic E-state index is 12.2. The number of rotatable bonds is 5. The first-order valence-electron chi connectivity index (χ1n) is 7.67. The normalized spacial score (nSPS) is 10.3. The highest BCUT2D eigenvalue weighted by molar-refractivity contribution is 6.03. The molecule has 0 aliphatic rings. The van der Waals surface area contributed by atoms with E-state index in [9.17, 15) is 14.4 Å². The number of nitrogens with zero attached hydrogens (tertiary/aromatic N) is 1. The second-order valence-electron chi connectivity index (χ2n) is 5.27. The van der Waals surface area contributed by atoms with Gasteiger partial charge in [-0.25, -0.2) is 9.89 Å². The van der Waals surface area contributed by atoms with Crippen LogP contribution in [0, 0.1) is 0 Å². The lowest BCUT2D eigenvalue weighted by atomic mass is 10.1. The van der Waals surface area contributed by atoms with E-state index in [2.05, 4.69) is 15.5 Å². The van der Waals surface area contributed by atoms with Gasteiger partial charge in [0.15, 0.2) is 12.3 Å². The Labute approximate surface area is 147 Å². The third kappa shape index (κ3) is 3.54. The molecule has 3 rings (SSSR count). The monoisotopic (exact) mass is 353 g/mol. The van der Waals surface area contributed by atoms with Gasteiger partial charge in [-0.15, -0.1) is 0 Å². The minimum Gasteiger partial charge on any atom is -0.495 e. The zero-order valence-corrected chi connectivity index (χ0v) is 13.8. The fourth-order valence-electron chi connectivity index (χ4n) is 2.40. The van der Waals surface area contributed by atoms with Gasteiger partial charge in [0.25, 0.3) is 11.5 Å². The van der Waals surface area contributed by atoms with Crippen LogP contribution < -0.4 is 15.6 Å². The largest absolute Gasteiger partial charge is 0.495 e. The lowest BCUT2D eigenvalue weighted by Crippen LogP contribution is -2.23. The Balaban J connectivity index is 1.70. The molecule has 0 unspecified atom stereocenters. The van der Waals surface area contributed by atoms with Gasteiger partial charge in [0.05, 0.1) is 18.2 Å². The molecular formula is C18H15N3O5. The van der Waals surface area contributed by atoms with E-state index in [4.69, 9.17) is 9.47 Å². The van der Waals surface area contributed by atoms with Crippen molar-refractivity contribution >= 4 is 28.3 Å². The molecule has 0 spiro atoms. The standard InChI is InChI=1S/C18H15N3O5/c1-25-14-9-5-4-8-13(14)19-15(22)10-26-18(24)16-11-6-2-3-7-12(11)17(23)21-20-16/h2-9H,10H2,1H3,(H,19,22)(H,21,23). The molecule has 1 heterocycles. The number of hydrogen-bond donors (Lipinski definition) is 2. The van der Waals surface area contributed by atoms with Crippen molar-refractivity contribution in [1.29, 1.82) is 0 Å². The number of benzene rings is 2. The van der Waals surface area contributed by atoms with E-state index in [0.717, 1.165) is 0 Å². The summed E-state index contributed by atoms with van der Waals surface area (Å²) in [7, 11) is 1.48. The first-order chi connectivity index (χ1) is 12.6. The van der Waals surface area contributed by atoms with E-state index in [1.807, 2.05) is 0 Å². The van der Waals surface area contributed by atoms with Gasteiger partial charge >= 0.3 is 5.97 Å². The average molecular weight is 353 g/mol. The summed E-state index contributed by atoms with van der Waals surface area (Å²) < 4.78 is 10.1.